The van der Waals surface area contributed by atoms with Gasteiger partial charge in [-0.15, -0.1) is 0 Å². The highest BCUT2D eigenvalue weighted by atomic mass is 16.7. The van der Waals surface area contributed by atoms with E-state index in [-0.39, 0.29) is 80.7 Å². The number of nitrogens with zero attached hydrogens (tertiary/aromatic N) is 4. The normalized spacial score (nSPS) is 21.7. The van der Waals surface area contributed by atoms with Gasteiger partial charge in [0, 0.05) is 57.3 Å². The molecule has 67 heavy (non-hydrogen) atoms. The van der Waals surface area contributed by atoms with E-state index in [1.54, 1.807) is 54.6 Å². The second kappa shape index (κ2) is 24.4. The zero-order valence-corrected chi connectivity index (χ0v) is 39.1. The van der Waals surface area contributed by atoms with Crippen molar-refractivity contribution in [3.05, 3.63) is 71.8 Å². The number of hydrogen-bond donors (Lipinski definition) is 4. The van der Waals surface area contributed by atoms with Crippen LogP contribution in [-0.4, -0.2) is 150 Å². The molecule has 4 aliphatic rings. The van der Waals surface area contributed by atoms with Crippen LogP contribution in [0.2, 0.25) is 0 Å². The summed E-state index contributed by atoms with van der Waals surface area (Å²) in [5, 5.41) is 16.4. The molecule has 2 aromatic carbocycles. The molecular formula is C47H64N8O12. The Hall–Kier alpha value is -6.41. The first kappa shape index (κ1) is 51.6. The van der Waals surface area contributed by atoms with E-state index in [1.165, 1.54) is 36.4 Å². The first-order valence-electron chi connectivity index (χ1n) is 22.9. The molecule has 0 aromatic heterocycles. The lowest BCUT2D eigenvalue weighted by atomic mass is 10.00. The molecule has 4 heterocycles. The summed E-state index contributed by atoms with van der Waals surface area (Å²) in [7, 11) is 3.95. The highest BCUT2D eigenvalue weighted by Gasteiger charge is 2.47. The molecule has 4 aliphatic heterocycles. The van der Waals surface area contributed by atoms with Crippen LogP contribution in [0.3, 0.4) is 0 Å². The van der Waals surface area contributed by atoms with E-state index in [0.29, 0.717) is 36.9 Å². The molecule has 0 radical (unpaired) electrons. The van der Waals surface area contributed by atoms with Crippen molar-refractivity contribution in [2.24, 2.45) is 5.92 Å². The van der Waals surface area contributed by atoms with Crippen molar-refractivity contribution in [1.82, 2.24) is 41.3 Å². The summed E-state index contributed by atoms with van der Waals surface area (Å²) in [5.74, 6) is -3.45. The van der Waals surface area contributed by atoms with Crippen molar-refractivity contribution in [2.45, 2.75) is 128 Å². The number of esters is 1. The molecule has 364 valence electrons. The molecule has 2 aromatic rings. The quantitative estimate of drug-likeness (QED) is 0.148. The van der Waals surface area contributed by atoms with Crippen LogP contribution in [0.15, 0.2) is 60.7 Å². The van der Waals surface area contributed by atoms with E-state index in [1.807, 2.05) is 26.8 Å². The Labute approximate surface area is 390 Å². The minimum atomic E-state index is -1.03. The largest absolute Gasteiger partial charge is 0.469 e. The molecule has 4 saturated heterocycles. The molecule has 0 spiro atoms. The van der Waals surface area contributed by atoms with E-state index >= 15 is 0 Å². The number of carbonyl (C=O) groups excluding carboxylic acids is 9. The van der Waals surface area contributed by atoms with Gasteiger partial charge in [-0.05, 0) is 75.1 Å². The number of carbonyl (C=O) groups is 9. The van der Waals surface area contributed by atoms with Gasteiger partial charge in [-0.2, -0.15) is 0 Å². The summed E-state index contributed by atoms with van der Waals surface area (Å²) in [6, 6.07) is 12.5. The topological polar surface area (TPSA) is 242 Å². The fourth-order valence-electron chi connectivity index (χ4n) is 8.68. The number of amides is 8. The second-order valence-corrected chi connectivity index (χ2v) is 17.1. The van der Waals surface area contributed by atoms with Gasteiger partial charge < -0.3 is 35.5 Å². The highest BCUT2D eigenvalue weighted by molar-refractivity contribution is 6.01. The third-order valence-electron chi connectivity index (χ3n) is 12.3. The van der Waals surface area contributed by atoms with Crippen molar-refractivity contribution in [1.29, 1.82) is 0 Å². The number of hydrogen-bond acceptors (Lipinski definition) is 12. The van der Waals surface area contributed by atoms with Crippen molar-refractivity contribution >= 4 is 53.2 Å². The molecular weight excluding hydrogens is 869 g/mol. The minimum absolute atomic E-state index is 0.00533. The van der Waals surface area contributed by atoms with Gasteiger partial charge in [0.15, 0.2) is 6.29 Å². The van der Waals surface area contributed by atoms with Crippen LogP contribution in [-0.2, 0) is 47.8 Å². The predicted molar refractivity (Wildman–Crippen MR) is 240 cm³/mol. The molecule has 0 saturated carbocycles. The number of ether oxygens (including phenoxy) is 3. The fourth-order valence-corrected chi connectivity index (χ4v) is 8.68. The van der Waals surface area contributed by atoms with E-state index in [2.05, 4.69) is 21.3 Å². The number of nitrogens with one attached hydrogen (secondary N) is 4. The first-order chi connectivity index (χ1) is 32.1. The zero-order chi connectivity index (χ0) is 48.8. The Balaban J connectivity index is 0.000000254. The maximum absolute atomic E-state index is 13.6. The maximum atomic E-state index is 13.6. The van der Waals surface area contributed by atoms with Crippen molar-refractivity contribution < 1.29 is 57.4 Å². The molecule has 0 unspecified atom stereocenters. The molecule has 20 heteroatoms. The van der Waals surface area contributed by atoms with Gasteiger partial charge in [0.1, 0.15) is 24.2 Å². The van der Waals surface area contributed by atoms with Crippen molar-refractivity contribution in [3.8, 4) is 0 Å². The predicted octanol–water partition coefficient (Wildman–Crippen LogP) is 1.84. The summed E-state index contributed by atoms with van der Waals surface area (Å²) in [6.07, 6.45) is 2.01. The van der Waals surface area contributed by atoms with E-state index in [0.717, 1.165) is 11.4 Å². The van der Waals surface area contributed by atoms with E-state index in [9.17, 15) is 43.2 Å². The smallest absolute Gasteiger partial charge is 0.307 e. The van der Waals surface area contributed by atoms with Crippen LogP contribution in [0.4, 0.5) is 0 Å². The Kier molecular flexibility index (Phi) is 18.8. The van der Waals surface area contributed by atoms with Crippen LogP contribution < -0.4 is 21.3 Å². The lowest BCUT2D eigenvalue weighted by Crippen LogP contribution is -2.64. The van der Waals surface area contributed by atoms with Gasteiger partial charge in [0.2, 0.25) is 23.6 Å². The molecule has 0 aliphatic carbocycles. The fraction of sp³-hybridized carbons (Fsp3) is 0.553. The zero-order valence-electron chi connectivity index (χ0n) is 39.1. The summed E-state index contributed by atoms with van der Waals surface area (Å²) in [4.78, 5) is 116. The van der Waals surface area contributed by atoms with Gasteiger partial charge in [0.05, 0.1) is 19.6 Å². The first-order valence-corrected chi connectivity index (χ1v) is 22.9. The average molecular weight is 933 g/mol. The van der Waals surface area contributed by atoms with Gasteiger partial charge >= 0.3 is 5.97 Å². The summed E-state index contributed by atoms with van der Waals surface area (Å²) in [5.41, 5.74) is 0.819. The number of benzene rings is 2. The molecule has 0 bridgehead atoms. The standard InChI is InChI=1S/C24H32N4O8.C23H32N4O4/c1-34-20(30)14-17(24(35-2)36-3)26-22(32)18-10-7-13-27-19(29)12-11-16(23(33)28(18)27)25-21(31)15-8-5-4-6-9-15;1-4-17(15(2)3)24-22(30)19-11-8-14-26-20(28)13-12-18(23(31)27(19)26)25-21(29)16-9-6-5-7-10-16/h4-6,8-9,16-18,24H,7,10-14H2,1-3H3,(H,25,31)(H,26,32);5-7,9-10,15,17-19H,4,8,11-14H2,1-3H3,(H,24,30)(H,25,29)/t16-,17-,18-;17-,18-,19-/m00/s1. The van der Waals surface area contributed by atoms with Gasteiger partial charge in [-0.25, -0.2) is 10.0 Å². The monoisotopic (exact) mass is 932 g/mol. The number of methoxy groups -OCH3 is 3. The van der Waals surface area contributed by atoms with Crippen LogP contribution in [0.25, 0.3) is 0 Å². The van der Waals surface area contributed by atoms with Crippen molar-refractivity contribution in [3.63, 3.8) is 0 Å². The van der Waals surface area contributed by atoms with Crippen LogP contribution in [0, 0.1) is 5.92 Å². The van der Waals surface area contributed by atoms with E-state index < -0.39 is 66.1 Å². The molecule has 6 rings (SSSR count). The molecule has 20 nitrogen and oxygen atoms in total. The Morgan fingerprint density at radius 2 is 1.04 bits per heavy atom. The Morgan fingerprint density at radius 1 is 0.627 bits per heavy atom. The maximum Gasteiger partial charge on any atom is 0.307 e. The minimum Gasteiger partial charge on any atom is -0.469 e. The number of hydrazine groups is 2. The van der Waals surface area contributed by atoms with E-state index in [4.69, 9.17) is 14.2 Å². The third-order valence-corrected chi connectivity index (χ3v) is 12.3. The lowest BCUT2D eigenvalue weighted by Gasteiger charge is -2.43. The summed E-state index contributed by atoms with van der Waals surface area (Å²) in [6.45, 7) is 6.76. The second-order valence-electron chi connectivity index (χ2n) is 17.1. The summed E-state index contributed by atoms with van der Waals surface area (Å²) >= 11 is 0. The number of rotatable bonds is 15. The lowest BCUT2D eigenvalue weighted by molar-refractivity contribution is -0.177. The van der Waals surface area contributed by atoms with Gasteiger partial charge in [-0.1, -0.05) is 57.2 Å². The molecule has 6 atom stereocenters. The van der Waals surface area contributed by atoms with Gasteiger partial charge in [-0.3, -0.25) is 53.2 Å². The molecule has 4 N–H and O–H groups in total. The Bertz CT molecular complexity index is 2090. The van der Waals surface area contributed by atoms with Crippen molar-refractivity contribution in [2.75, 3.05) is 34.4 Å². The van der Waals surface area contributed by atoms with Crippen LogP contribution >= 0.6 is 0 Å². The number of fused-ring (bicyclic) bond motifs is 2. The molecule has 4 fully saturated rings. The average Bonchev–Trinajstić information content (AvgIpc) is 3.54. The van der Waals surface area contributed by atoms with Crippen LogP contribution in [0.5, 0.6) is 0 Å². The third kappa shape index (κ3) is 12.9. The Morgan fingerprint density at radius 3 is 1.42 bits per heavy atom. The SMILES string of the molecule is CC[C@H](NC(=O)[C@@H]1CCCN2C(=O)CC[C@H](NC(=O)c3ccccc3)C(=O)N12)C(C)C.COC(=O)C[C@H](NC(=O)[C@@H]1CCCN2C(=O)CC[C@H](NC(=O)c3ccccc3)C(=O)N12)C(OC)OC. The highest BCUT2D eigenvalue weighted by Crippen LogP contribution is 2.27. The van der Waals surface area contributed by atoms with Crippen LogP contribution in [0.1, 0.15) is 106 Å². The summed E-state index contributed by atoms with van der Waals surface area (Å²) < 4.78 is 15.2. The van der Waals surface area contributed by atoms with Gasteiger partial charge in [0.25, 0.3) is 23.6 Å². The molecule has 8 amide bonds.